The Morgan fingerprint density at radius 1 is 1.12 bits per heavy atom. The first-order valence-electron chi connectivity index (χ1n) is 9.78. The molecule has 0 radical (unpaired) electrons. The van der Waals surface area contributed by atoms with Crippen molar-refractivity contribution >= 4 is 11.8 Å². The molecule has 0 heterocycles. The summed E-state index contributed by atoms with van der Waals surface area (Å²) in [6, 6.07) is 0. The Morgan fingerprint density at radius 2 is 1.88 bits per heavy atom. The number of aliphatic carboxylic acids is 1. The maximum atomic E-state index is 12.3. The van der Waals surface area contributed by atoms with E-state index in [2.05, 4.69) is 19.1 Å². The summed E-state index contributed by atoms with van der Waals surface area (Å²) < 4.78 is 0. The van der Waals surface area contributed by atoms with Crippen molar-refractivity contribution in [3.63, 3.8) is 0 Å². The van der Waals surface area contributed by atoms with E-state index in [1.54, 1.807) is 0 Å². The highest BCUT2D eigenvalue weighted by atomic mass is 16.4. The van der Waals surface area contributed by atoms with Crippen LogP contribution >= 0.6 is 0 Å². The summed E-state index contributed by atoms with van der Waals surface area (Å²) in [6.07, 6.45) is 16.9. The van der Waals surface area contributed by atoms with Gasteiger partial charge in [0.15, 0.2) is 0 Å². The number of unbranched alkanes of at least 4 members (excludes halogenated alkanes) is 5. The maximum absolute atomic E-state index is 12.3. The average molecular weight is 350 g/mol. The maximum Gasteiger partial charge on any atom is 0.303 e. The highest BCUT2D eigenvalue weighted by molar-refractivity contribution is 5.83. The van der Waals surface area contributed by atoms with Crippen LogP contribution in [0.15, 0.2) is 24.3 Å². The van der Waals surface area contributed by atoms with Crippen LogP contribution in [0.2, 0.25) is 0 Å². The molecule has 0 aliphatic heterocycles. The van der Waals surface area contributed by atoms with Crippen molar-refractivity contribution in [3.05, 3.63) is 24.3 Å². The molecule has 4 heteroatoms. The summed E-state index contributed by atoms with van der Waals surface area (Å²) in [4.78, 5) is 22.8. The number of allylic oxidation sites excluding steroid dienone is 4. The number of carboxylic acid groups (broad SMARTS) is 1. The van der Waals surface area contributed by atoms with Gasteiger partial charge in [0.1, 0.15) is 5.78 Å². The third kappa shape index (κ3) is 9.59. The standard InChI is InChI=1S/C21H34O4/c1-2-3-4-5-6-9-12-17-15-18(22)16-20(23)19(17)13-10-7-8-11-14-21(24)25/h7,9-10,12,17-19,22H,2-6,8,11,13-16H2,1H3,(H,24,25)/b10-7-,12-9+/t17-,18-,19+/m0/s1. The largest absolute Gasteiger partial charge is 0.481 e. The zero-order valence-corrected chi connectivity index (χ0v) is 15.5. The molecule has 0 aromatic rings. The van der Waals surface area contributed by atoms with Gasteiger partial charge in [0.2, 0.25) is 0 Å². The van der Waals surface area contributed by atoms with E-state index in [0.29, 0.717) is 19.3 Å². The van der Waals surface area contributed by atoms with Crippen LogP contribution in [0.4, 0.5) is 0 Å². The van der Waals surface area contributed by atoms with Crippen molar-refractivity contribution in [1.82, 2.24) is 0 Å². The highest BCUT2D eigenvalue weighted by Crippen LogP contribution is 2.32. The smallest absolute Gasteiger partial charge is 0.303 e. The average Bonchev–Trinajstić information content (AvgIpc) is 2.55. The molecule has 1 aliphatic rings. The normalized spacial score (nSPS) is 24.4. The van der Waals surface area contributed by atoms with E-state index < -0.39 is 12.1 Å². The van der Waals surface area contributed by atoms with Crippen molar-refractivity contribution < 1.29 is 19.8 Å². The van der Waals surface area contributed by atoms with Gasteiger partial charge in [-0.05, 0) is 44.4 Å². The number of ketones is 1. The summed E-state index contributed by atoms with van der Waals surface area (Å²) in [5.41, 5.74) is 0. The molecule has 0 aromatic heterocycles. The molecule has 0 aromatic carbocycles. The molecule has 1 saturated carbocycles. The molecule has 0 amide bonds. The Hall–Kier alpha value is -1.42. The van der Waals surface area contributed by atoms with E-state index in [1.165, 1.54) is 25.7 Å². The van der Waals surface area contributed by atoms with Crippen molar-refractivity contribution in [3.8, 4) is 0 Å². The quantitative estimate of drug-likeness (QED) is 0.396. The lowest BCUT2D eigenvalue weighted by molar-refractivity contribution is -0.137. The first-order valence-corrected chi connectivity index (χ1v) is 9.78. The lowest BCUT2D eigenvalue weighted by atomic mass is 9.75. The lowest BCUT2D eigenvalue weighted by Crippen LogP contribution is -2.34. The predicted molar refractivity (Wildman–Crippen MR) is 100 cm³/mol. The third-order valence-electron chi connectivity index (χ3n) is 4.84. The second-order valence-corrected chi connectivity index (χ2v) is 7.10. The minimum absolute atomic E-state index is 0.0500. The molecule has 4 nitrogen and oxygen atoms in total. The molecule has 1 rings (SSSR count). The van der Waals surface area contributed by atoms with E-state index in [1.807, 2.05) is 12.2 Å². The molecule has 0 saturated heterocycles. The zero-order valence-electron chi connectivity index (χ0n) is 15.5. The Balaban J connectivity index is 2.45. The summed E-state index contributed by atoms with van der Waals surface area (Å²) in [5, 5.41) is 18.5. The summed E-state index contributed by atoms with van der Waals surface area (Å²) in [6.45, 7) is 2.20. The van der Waals surface area contributed by atoms with E-state index in [9.17, 15) is 14.7 Å². The van der Waals surface area contributed by atoms with Crippen LogP contribution in [-0.2, 0) is 9.59 Å². The number of hydrogen-bond donors (Lipinski definition) is 2. The monoisotopic (exact) mass is 350 g/mol. The number of aliphatic hydroxyl groups is 1. The number of rotatable bonds is 12. The van der Waals surface area contributed by atoms with Gasteiger partial charge in [-0.1, -0.05) is 50.5 Å². The van der Waals surface area contributed by atoms with Crippen LogP contribution in [0.25, 0.3) is 0 Å². The van der Waals surface area contributed by atoms with Crippen LogP contribution in [0, 0.1) is 11.8 Å². The number of hydrogen-bond acceptors (Lipinski definition) is 3. The minimum atomic E-state index is -0.769. The number of carboxylic acids is 1. The Labute approximate surface area is 152 Å². The van der Waals surface area contributed by atoms with Gasteiger partial charge in [0.25, 0.3) is 0 Å². The fourth-order valence-corrected chi connectivity index (χ4v) is 3.39. The molecule has 0 spiro atoms. The zero-order chi connectivity index (χ0) is 18.5. The SMILES string of the molecule is CCCCCC/C=C/[C@H]1C[C@H](O)CC(=O)[C@@H]1C/C=C\CCCC(=O)O. The van der Waals surface area contributed by atoms with Crippen molar-refractivity contribution in [2.45, 2.75) is 83.7 Å². The first-order chi connectivity index (χ1) is 12.0. The lowest BCUT2D eigenvalue weighted by Gasteiger charge is -2.30. The minimum Gasteiger partial charge on any atom is -0.481 e. The molecular formula is C21H34O4. The molecule has 0 unspecified atom stereocenters. The molecule has 1 aliphatic carbocycles. The van der Waals surface area contributed by atoms with Gasteiger partial charge in [0.05, 0.1) is 6.10 Å². The number of carbonyl (C=O) groups excluding carboxylic acids is 1. The van der Waals surface area contributed by atoms with E-state index in [0.717, 1.165) is 12.8 Å². The fraction of sp³-hybridized carbons (Fsp3) is 0.714. The number of aliphatic hydroxyl groups excluding tert-OH is 1. The van der Waals surface area contributed by atoms with Crippen LogP contribution in [0.3, 0.4) is 0 Å². The van der Waals surface area contributed by atoms with Crippen molar-refractivity contribution in [2.24, 2.45) is 11.8 Å². The molecule has 2 N–H and O–H groups in total. The summed E-state index contributed by atoms with van der Waals surface area (Å²) >= 11 is 0. The van der Waals surface area contributed by atoms with Gasteiger partial charge in [-0.2, -0.15) is 0 Å². The van der Waals surface area contributed by atoms with Crippen LogP contribution in [0.1, 0.15) is 77.6 Å². The van der Waals surface area contributed by atoms with Crippen LogP contribution in [0.5, 0.6) is 0 Å². The molecule has 3 atom stereocenters. The third-order valence-corrected chi connectivity index (χ3v) is 4.84. The van der Waals surface area contributed by atoms with Crippen LogP contribution in [-0.4, -0.2) is 28.1 Å². The molecule has 0 bridgehead atoms. The fourth-order valence-electron chi connectivity index (χ4n) is 3.39. The van der Waals surface area contributed by atoms with Gasteiger partial charge < -0.3 is 10.2 Å². The first kappa shape index (κ1) is 21.6. The molecule has 142 valence electrons. The van der Waals surface area contributed by atoms with Crippen molar-refractivity contribution in [1.29, 1.82) is 0 Å². The van der Waals surface area contributed by atoms with E-state index in [-0.39, 0.29) is 30.5 Å². The summed E-state index contributed by atoms with van der Waals surface area (Å²) in [7, 11) is 0. The van der Waals surface area contributed by atoms with E-state index >= 15 is 0 Å². The Morgan fingerprint density at radius 3 is 2.60 bits per heavy atom. The predicted octanol–water partition coefficient (Wildman–Crippen LogP) is 4.67. The Bertz CT molecular complexity index is 453. The number of carbonyl (C=O) groups is 2. The second kappa shape index (κ2) is 12.9. The van der Waals surface area contributed by atoms with Crippen LogP contribution < -0.4 is 0 Å². The van der Waals surface area contributed by atoms with E-state index in [4.69, 9.17) is 5.11 Å². The Kier molecular flexibility index (Phi) is 11.1. The van der Waals surface area contributed by atoms with Gasteiger partial charge in [-0.15, -0.1) is 0 Å². The van der Waals surface area contributed by atoms with Gasteiger partial charge in [0, 0.05) is 18.8 Å². The highest BCUT2D eigenvalue weighted by Gasteiger charge is 2.33. The number of Topliss-reactive ketones (excluding diaryl/α,β-unsaturated/α-hetero) is 1. The summed E-state index contributed by atoms with van der Waals surface area (Å²) in [5.74, 6) is -0.555. The topological polar surface area (TPSA) is 74.6 Å². The van der Waals surface area contributed by atoms with Crippen molar-refractivity contribution in [2.75, 3.05) is 0 Å². The second-order valence-electron chi connectivity index (χ2n) is 7.10. The van der Waals surface area contributed by atoms with Gasteiger partial charge >= 0.3 is 5.97 Å². The molecule has 25 heavy (non-hydrogen) atoms. The molecular weight excluding hydrogens is 316 g/mol. The van der Waals surface area contributed by atoms with Gasteiger partial charge in [-0.3, -0.25) is 9.59 Å². The van der Waals surface area contributed by atoms with Gasteiger partial charge in [-0.25, -0.2) is 0 Å². The molecule has 1 fully saturated rings.